The Hall–Kier alpha value is -2.77. The molecule has 0 aliphatic heterocycles. The summed E-state index contributed by atoms with van der Waals surface area (Å²) in [5.41, 5.74) is -0.104. The summed E-state index contributed by atoms with van der Waals surface area (Å²) in [6, 6.07) is 5.08. The predicted molar refractivity (Wildman–Crippen MR) is 138 cm³/mol. The van der Waals surface area contributed by atoms with E-state index >= 15 is 0 Å². The normalized spacial score (nSPS) is 14.1. The quantitative estimate of drug-likeness (QED) is 0.385. The van der Waals surface area contributed by atoms with Crippen LogP contribution in [0.25, 0.3) is 0 Å². The van der Waals surface area contributed by atoms with Crippen LogP contribution in [0.4, 0.5) is 4.79 Å². The van der Waals surface area contributed by atoms with E-state index < -0.39 is 17.7 Å². The second-order valence-corrected chi connectivity index (χ2v) is 10.7. The maximum absolute atomic E-state index is 13.5. The van der Waals surface area contributed by atoms with Crippen LogP contribution in [0.2, 0.25) is 0 Å². The number of hydrogen-bond donors (Lipinski definition) is 3. The van der Waals surface area contributed by atoms with Crippen molar-refractivity contribution in [3.63, 3.8) is 0 Å². The van der Waals surface area contributed by atoms with Gasteiger partial charge in [-0.25, -0.2) is 4.79 Å². The molecule has 8 heteroatoms. The third-order valence-electron chi connectivity index (χ3n) is 5.55. The van der Waals surface area contributed by atoms with Gasteiger partial charge in [-0.15, -0.1) is 0 Å². The zero-order valence-electron chi connectivity index (χ0n) is 22.7. The van der Waals surface area contributed by atoms with Crippen LogP contribution >= 0.6 is 0 Å². The highest BCUT2D eigenvalue weighted by molar-refractivity contribution is 5.90. The number of carbonyl (C=O) groups excluding carboxylic acids is 3. The van der Waals surface area contributed by atoms with Crippen molar-refractivity contribution < 1.29 is 24.2 Å². The summed E-state index contributed by atoms with van der Waals surface area (Å²) >= 11 is 0. The molecule has 0 saturated carbocycles. The second-order valence-electron chi connectivity index (χ2n) is 10.7. The number of rotatable bonds is 12. The SMILES string of the molecule is CCCC(C)NC(=O)C(c1ccc(O)cc1)N(C(=O)CNC(=O)OC(C)(C)C)C(C)CCC(C)C. The van der Waals surface area contributed by atoms with Gasteiger partial charge in [0, 0.05) is 12.1 Å². The molecule has 0 bridgehead atoms. The van der Waals surface area contributed by atoms with Crippen molar-refractivity contribution in [3.8, 4) is 5.75 Å². The topological polar surface area (TPSA) is 108 Å². The van der Waals surface area contributed by atoms with Crippen molar-refractivity contribution >= 4 is 17.9 Å². The molecule has 0 aromatic heterocycles. The minimum Gasteiger partial charge on any atom is -0.508 e. The molecule has 3 N–H and O–H groups in total. The number of benzene rings is 1. The van der Waals surface area contributed by atoms with Crippen LogP contribution in [-0.4, -0.2) is 52.1 Å². The Morgan fingerprint density at radius 1 is 1.00 bits per heavy atom. The van der Waals surface area contributed by atoms with E-state index in [2.05, 4.69) is 24.5 Å². The lowest BCUT2D eigenvalue weighted by molar-refractivity contribution is -0.143. The number of aromatic hydroxyl groups is 1. The average Bonchev–Trinajstić information content (AvgIpc) is 2.73. The lowest BCUT2D eigenvalue weighted by Gasteiger charge is -2.37. The largest absolute Gasteiger partial charge is 0.508 e. The first-order valence-electron chi connectivity index (χ1n) is 12.6. The van der Waals surface area contributed by atoms with Gasteiger partial charge in [0.25, 0.3) is 0 Å². The van der Waals surface area contributed by atoms with Crippen LogP contribution in [0.15, 0.2) is 24.3 Å². The van der Waals surface area contributed by atoms with Crippen molar-refractivity contribution in [1.29, 1.82) is 0 Å². The molecule has 8 nitrogen and oxygen atoms in total. The molecule has 0 saturated heterocycles. The summed E-state index contributed by atoms with van der Waals surface area (Å²) in [5, 5.41) is 15.4. The number of nitrogens with zero attached hydrogens (tertiary/aromatic N) is 1. The highest BCUT2D eigenvalue weighted by Crippen LogP contribution is 2.28. The molecule has 3 unspecified atom stereocenters. The van der Waals surface area contributed by atoms with Crippen molar-refractivity contribution in [2.45, 2.75) is 105 Å². The summed E-state index contributed by atoms with van der Waals surface area (Å²) in [6.07, 6.45) is 2.61. The van der Waals surface area contributed by atoms with Gasteiger partial charge in [-0.3, -0.25) is 9.59 Å². The number of ether oxygens (including phenoxy) is 1. The average molecular weight is 492 g/mol. The van der Waals surface area contributed by atoms with Crippen molar-refractivity contribution in [3.05, 3.63) is 29.8 Å². The maximum Gasteiger partial charge on any atom is 0.408 e. The van der Waals surface area contributed by atoms with E-state index in [1.165, 1.54) is 12.1 Å². The van der Waals surface area contributed by atoms with Crippen LogP contribution < -0.4 is 10.6 Å². The van der Waals surface area contributed by atoms with Gasteiger partial charge in [-0.05, 0) is 77.5 Å². The highest BCUT2D eigenvalue weighted by Gasteiger charge is 2.35. The van der Waals surface area contributed by atoms with E-state index in [0.29, 0.717) is 17.9 Å². The Morgan fingerprint density at radius 3 is 2.11 bits per heavy atom. The Balaban J connectivity index is 3.32. The smallest absolute Gasteiger partial charge is 0.408 e. The summed E-state index contributed by atoms with van der Waals surface area (Å²) < 4.78 is 5.26. The number of hydrogen-bond acceptors (Lipinski definition) is 5. The molecule has 35 heavy (non-hydrogen) atoms. The molecule has 3 amide bonds. The molecule has 1 aromatic rings. The number of amides is 3. The first kappa shape index (κ1) is 30.3. The van der Waals surface area contributed by atoms with Crippen LogP contribution in [0.3, 0.4) is 0 Å². The molecule has 0 aliphatic rings. The monoisotopic (exact) mass is 491 g/mol. The van der Waals surface area contributed by atoms with Gasteiger partial charge in [-0.1, -0.05) is 39.3 Å². The maximum atomic E-state index is 13.5. The lowest BCUT2D eigenvalue weighted by Crippen LogP contribution is -2.52. The Bertz CT molecular complexity index is 817. The van der Waals surface area contributed by atoms with Crippen molar-refractivity contribution in [1.82, 2.24) is 15.5 Å². The summed E-state index contributed by atoms with van der Waals surface area (Å²) in [4.78, 5) is 40.8. The first-order valence-corrected chi connectivity index (χ1v) is 12.6. The van der Waals surface area contributed by atoms with E-state index in [1.807, 2.05) is 20.8 Å². The van der Waals surface area contributed by atoms with Crippen LogP contribution in [0, 0.1) is 5.92 Å². The predicted octanol–water partition coefficient (Wildman–Crippen LogP) is 4.92. The van der Waals surface area contributed by atoms with Gasteiger partial charge in [0.2, 0.25) is 11.8 Å². The van der Waals surface area contributed by atoms with E-state index in [9.17, 15) is 19.5 Å². The van der Waals surface area contributed by atoms with Crippen LogP contribution in [-0.2, 0) is 14.3 Å². The molecule has 198 valence electrons. The number of nitrogens with one attached hydrogen (secondary N) is 2. The van der Waals surface area contributed by atoms with Crippen molar-refractivity contribution in [2.75, 3.05) is 6.54 Å². The van der Waals surface area contributed by atoms with E-state index in [0.717, 1.165) is 19.3 Å². The zero-order chi connectivity index (χ0) is 26.8. The van der Waals surface area contributed by atoms with E-state index in [1.54, 1.807) is 37.8 Å². The van der Waals surface area contributed by atoms with Gasteiger partial charge >= 0.3 is 6.09 Å². The van der Waals surface area contributed by atoms with Crippen LogP contribution in [0.5, 0.6) is 5.75 Å². The van der Waals surface area contributed by atoms with Gasteiger partial charge < -0.3 is 25.4 Å². The Morgan fingerprint density at radius 2 is 1.60 bits per heavy atom. The van der Waals surface area contributed by atoms with Gasteiger partial charge in [0.15, 0.2) is 0 Å². The van der Waals surface area contributed by atoms with E-state index in [4.69, 9.17) is 4.74 Å². The molecule has 3 atom stereocenters. The fourth-order valence-corrected chi connectivity index (χ4v) is 3.83. The first-order chi connectivity index (χ1) is 16.2. The van der Waals surface area contributed by atoms with Gasteiger partial charge in [0.05, 0.1) is 0 Å². The lowest BCUT2D eigenvalue weighted by atomic mass is 9.97. The number of alkyl carbamates (subject to hydrolysis) is 1. The summed E-state index contributed by atoms with van der Waals surface area (Å²) in [5.74, 6) is -0.175. The van der Waals surface area contributed by atoms with Gasteiger partial charge in [0.1, 0.15) is 23.9 Å². The molecule has 0 fully saturated rings. The number of carbonyl (C=O) groups is 3. The third kappa shape index (κ3) is 11.0. The van der Waals surface area contributed by atoms with Crippen molar-refractivity contribution in [2.24, 2.45) is 5.92 Å². The second kappa shape index (κ2) is 14.0. The molecular formula is C27H45N3O5. The number of phenols is 1. The third-order valence-corrected chi connectivity index (χ3v) is 5.55. The standard InChI is InChI=1S/C27H45N3O5/c1-9-10-19(4)29-25(33)24(21-13-15-22(31)16-14-21)30(20(5)12-11-18(2)3)23(32)17-28-26(34)35-27(6,7)8/h13-16,18-20,24,31H,9-12,17H2,1-8H3,(H,28,34)(H,29,33). The highest BCUT2D eigenvalue weighted by atomic mass is 16.6. The molecule has 1 rings (SSSR count). The van der Waals surface area contributed by atoms with E-state index in [-0.39, 0.29) is 36.2 Å². The fraction of sp³-hybridized carbons (Fsp3) is 0.667. The molecule has 0 radical (unpaired) electrons. The molecule has 0 aliphatic carbocycles. The Kier molecular flexibility index (Phi) is 12.1. The molecule has 0 spiro atoms. The number of phenolic OH excluding ortho intramolecular Hbond substituents is 1. The minimum absolute atomic E-state index is 0.0603. The molecular weight excluding hydrogens is 446 g/mol. The van der Waals surface area contributed by atoms with Gasteiger partial charge in [-0.2, -0.15) is 0 Å². The summed E-state index contributed by atoms with van der Waals surface area (Å²) in [7, 11) is 0. The molecule has 0 heterocycles. The minimum atomic E-state index is -0.912. The fourth-order valence-electron chi connectivity index (χ4n) is 3.83. The summed E-state index contributed by atoms with van der Waals surface area (Å²) in [6.45, 7) is 15.1. The Labute approximate surface area is 210 Å². The zero-order valence-corrected chi connectivity index (χ0v) is 22.7. The van der Waals surface area contributed by atoms with Crippen LogP contribution in [0.1, 0.15) is 92.7 Å². The molecule has 1 aromatic carbocycles.